The number of likely N-dealkylation sites (tertiary alicyclic amines) is 1. The maximum atomic E-state index is 14.0. The number of hydrogen-bond donors (Lipinski definition) is 0. The predicted octanol–water partition coefficient (Wildman–Crippen LogP) is 4.14. The Balaban J connectivity index is 1.71. The molecule has 5 amide bonds. The van der Waals surface area contributed by atoms with Crippen molar-refractivity contribution < 1.29 is 23.9 Å². The van der Waals surface area contributed by atoms with E-state index < -0.39 is 46.8 Å². The van der Waals surface area contributed by atoms with Gasteiger partial charge in [-0.05, 0) is 63.6 Å². The van der Waals surface area contributed by atoms with E-state index in [1.165, 1.54) is 9.80 Å². The fraction of sp³-hybridized carbons (Fsp3) is 0.385. The Kier molecular flexibility index (Phi) is 5.14. The summed E-state index contributed by atoms with van der Waals surface area (Å²) in [6.45, 7) is 7.00. The lowest BCUT2D eigenvalue weighted by Gasteiger charge is -2.36. The molecule has 35 heavy (non-hydrogen) atoms. The minimum Gasteiger partial charge on any atom is -0.497 e. The van der Waals surface area contributed by atoms with Crippen LogP contribution in [0.5, 0.6) is 5.75 Å². The van der Waals surface area contributed by atoms with Crippen LogP contribution in [0.25, 0.3) is 0 Å². The van der Waals surface area contributed by atoms with Crippen LogP contribution >= 0.6 is 15.9 Å². The monoisotopic (exact) mass is 539 g/mol. The zero-order valence-electron chi connectivity index (χ0n) is 20.1. The fourth-order valence-corrected chi connectivity index (χ4v) is 6.22. The van der Waals surface area contributed by atoms with E-state index in [2.05, 4.69) is 15.9 Å². The number of hydrogen-bond acceptors (Lipinski definition) is 5. The molecule has 3 aliphatic heterocycles. The summed E-state index contributed by atoms with van der Waals surface area (Å²) in [4.78, 5) is 59.3. The van der Waals surface area contributed by atoms with Crippen LogP contribution in [0.4, 0.5) is 10.5 Å². The Bertz CT molecular complexity index is 1270. The van der Waals surface area contributed by atoms with Crippen LogP contribution in [0.3, 0.4) is 0 Å². The van der Waals surface area contributed by atoms with Crippen LogP contribution in [-0.4, -0.2) is 51.7 Å². The first-order chi connectivity index (χ1) is 16.4. The van der Waals surface area contributed by atoms with Gasteiger partial charge in [0, 0.05) is 10.0 Å². The third kappa shape index (κ3) is 3.10. The van der Waals surface area contributed by atoms with Crippen molar-refractivity contribution in [3.63, 3.8) is 0 Å². The standard InChI is InChI=1S/C26H26BrN3O5/c1-25(2,3)30-21(31)18-19(22(30)32)26(4)23(33)28(16-8-6-7-15(27)13-16)24(34)29(26)20(18)14-9-11-17(35-5)12-10-14/h6-13,18-20H,1-5H3/t18?,19?,20?,26-/m1/s1. The Morgan fingerprint density at radius 1 is 0.971 bits per heavy atom. The lowest BCUT2D eigenvalue weighted by molar-refractivity contribution is -0.148. The second-order valence-electron chi connectivity index (χ2n) is 10.3. The summed E-state index contributed by atoms with van der Waals surface area (Å²) in [7, 11) is 1.55. The van der Waals surface area contributed by atoms with E-state index in [0.29, 0.717) is 21.5 Å². The summed E-state index contributed by atoms with van der Waals surface area (Å²) >= 11 is 3.40. The SMILES string of the molecule is COc1ccc(C2C3C(=O)N(C(C)(C)C)C(=O)C3[C@]3(C)C(=O)N(c4cccc(Br)c4)C(=O)N23)cc1. The van der Waals surface area contributed by atoms with E-state index in [0.717, 1.165) is 4.90 Å². The Hall–Kier alpha value is -3.20. The van der Waals surface area contributed by atoms with Crippen molar-refractivity contribution in [1.82, 2.24) is 9.80 Å². The molecule has 2 aromatic carbocycles. The highest BCUT2D eigenvalue weighted by atomic mass is 79.9. The molecule has 2 aromatic rings. The van der Waals surface area contributed by atoms with Crippen LogP contribution in [-0.2, 0) is 14.4 Å². The number of methoxy groups -OCH3 is 1. The van der Waals surface area contributed by atoms with E-state index in [1.807, 2.05) is 0 Å². The van der Waals surface area contributed by atoms with Crippen molar-refractivity contribution in [2.24, 2.45) is 11.8 Å². The number of benzene rings is 2. The summed E-state index contributed by atoms with van der Waals surface area (Å²) in [5, 5.41) is 0. The molecule has 3 fully saturated rings. The molecule has 0 N–H and O–H groups in total. The maximum Gasteiger partial charge on any atom is 0.332 e. The molecule has 0 aromatic heterocycles. The maximum absolute atomic E-state index is 14.0. The van der Waals surface area contributed by atoms with E-state index in [4.69, 9.17) is 4.74 Å². The number of carbonyl (C=O) groups is 4. The van der Waals surface area contributed by atoms with E-state index >= 15 is 0 Å². The molecule has 9 heteroatoms. The molecule has 3 aliphatic rings. The van der Waals surface area contributed by atoms with Gasteiger partial charge in [0.05, 0.1) is 30.7 Å². The van der Waals surface area contributed by atoms with Crippen LogP contribution in [0.15, 0.2) is 53.0 Å². The molecule has 182 valence electrons. The average molecular weight is 540 g/mol. The van der Waals surface area contributed by atoms with Crippen LogP contribution in [0, 0.1) is 11.8 Å². The molecule has 4 atom stereocenters. The first-order valence-corrected chi connectivity index (χ1v) is 12.2. The summed E-state index contributed by atoms with van der Waals surface area (Å²) in [6, 6.07) is 12.6. The highest BCUT2D eigenvalue weighted by Crippen LogP contribution is 2.59. The molecule has 8 nitrogen and oxygen atoms in total. The Labute approximate surface area is 211 Å². The zero-order chi connectivity index (χ0) is 25.4. The summed E-state index contributed by atoms with van der Waals surface area (Å²) in [5.74, 6) is -2.53. The van der Waals surface area contributed by atoms with Crippen molar-refractivity contribution >= 4 is 45.4 Å². The fourth-order valence-electron chi connectivity index (χ4n) is 5.84. The highest BCUT2D eigenvalue weighted by molar-refractivity contribution is 9.10. The molecule has 5 rings (SSSR count). The van der Waals surface area contributed by atoms with Gasteiger partial charge >= 0.3 is 6.03 Å². The molecule has 0 bridgehead atoms. The van der Waals surface area contributed by atoms with Crippen molar-refractivity contribution in [1.29, 1.82) is 0 Å². The normalized spacial score (nSPS) is 28.2. The molecule has 0 saturated carbocycles. The Morgan fingerprint density at radius 3 is 2.20 bits per heavy atom. The first-order valence-electron chi connectivity index (χ1n) is 11.4. The van der Waals surface area contributed by atoms with Gasteiger partial charge in [-0.3, -0.25) is 19.3 Å². The third-order valence-electron chi connectivity index (χ3n) is 7.30. The number of carbonyl (C=O) groups excluding carboxylic acids is 4. The largest absolute Gasteiger partial charge is 0.497 e. The minimum atomic E-state index is -1.51. The summed E-state index contributed by atoms with van der Waals surface area (Å²) < 4.78 is 5.98. The number of anilines is 1. The zero-order valence-corrected chi connectivity index (χ0v) is 21.7. The van der Waals surface area contributed by atoms with Crippen molar-refractivity contribution in [3.8, 4) is 5.75 Å². The van der Waals surface area contributed by atoms with E-state index in [-0.39, 0.29) is 5.91 Å². The van der Waals surface area contributed by atoms with Crippen molar-refractivity contribution in [2.45, 2.75) is 44.8 Å². The second kappa shape index (κ2) is 7.65. The molecule has 3 heterocycles. The lowest BCUT2D eigenvalue weighted by atomic mass is 9.79. The minimum absolute atomic E-state index is 0.362. The van der Waals surface area contributed by atoms with Gasteiger partial charge in [-0.25, -0.2) is 9.69 Å². The van der Waals surface area contributed by atoms with Gasteiger partial charge in [-0.1, -0.05) is 34.1 Å². The van der Waals surface area contributed by atoms with Crippen LogP contribution in [0.1, 0.15) is 39.3 Å². The van der Waals surface area contributed by atoms with Gasteiger partial charge in [-0.15, -0.1) is 0 Å². The van der Waals surface area contributed by atoms with Crippen LogP contribution in [0.2, 0.25) is 0 Å². The van der Waals surface area contributed by atoms with Gasteiger partial charge in [0.2, 0.25) is 11.8 Å². The van der Waals surface area contributed by atoms with Crippen LogP contribution < -0.4 is 9.64 Å². The quantitative estimate of drug-likeness (QED) is 0.432. The lowest BCUT2D eigenvalue weighted by Crippen LogP contribution is -2.54. The smallest absolute Gasteiger partial charge is 0.332 e. The molecule has 3 saturated heterocycles. The Morgan fingerprint density at radius 2 is 1.63 bits per heavy atom. The number of imide groups is 2. The van der Waals surface area contributed by atoms with Crippen molar-refractivity contribution in [3.05, 3.63) is 58.6 Å². The number of fused-ring (bicyclic) bond motifs is 3. The summed E-state index contributed by atoms with van der Waals surface area (Å²) in [6.07, 6.45) is 0. The molecule has 0 spiro atoms. The van der Waals surface area contributed by atoms with E-state index in [9.17, 15) is 19.2 Å². The number of nitrogens with zero attached hydrogens (tertiary/aromatic N) is 3. The van der Waals surface area contributed by atoms with Gasteiger partial charge in [0.1, 0.15) is 11.3 Å². The first kappa shape index (κ1) is 23.5. The van der Waals surface area contributed by atoms with Gasteiger partial charge in [0.15, 0.2) is 0 Å². The van der Waals surface area contributed by atoms with Crippen molar-refractivity contribution in [2.75, 3.05) is 12.0 Å². The molecule has 0 aliphatic carbocycles. The van der Waals surface area contributed by atoms with Gasteiger partial charge < -0.3 is 9.64 Å². The van der Waals surface area contributed by atoms with Gasteiger partial charge in [-0.2, -0.15) is 0 Å². The molecular weight excluding hydrogens is 514 g/mol. The van der Waals surface area contributed by atoms with Gasteiger partial charge in [0.25, 0.3) is 5.91 Å². The summed E-state index contributed by atoms with van der Waals surface area (Å²) in [5.41, 5.74) is -1.21. The number of halogens is 1. The number of ether oxygens (including phenoxy) is 1. The molecule has 0 radical (unpaired) electrons. The number of rotatable bonds is 3. The van der Waals surface area contributed by atoms with E-state index in [1.54, 1.807) is 83.3 Å². The second-order valence-corrected chi connectivity index (χ2v) is 11.2. The molecule has 3 unspecified atom stereocenters. The highest BCUT2D eigenvalue weighted by Gasteiger charge is 2.76. The average Bonchev–Trinajstić information content (AvgIpc) is 3.30. The number of amides is 5. The third-order valence-corrected chi connectivity index (χ3v) is 7.80. The number of urea groups is 1. The predicted molar refractivity (Wildman–Crippen MR) is 132 cm³/mol. The topological polar surface area (TPSA) is 87.2 Å². The molecular formula is C26H26BrN3O5.